The van der Waals surface area contributed by atoms with E-state index in [1.165, 1.54) is 0 Å². The van der Waals surface area contributed by atoms with Crippen molar-refractivity contribution in [2.24, 2.45) is 0 Å². The zero-order chi connectivity index (χ0) is 21.7. The summed E-state index contributed by atoms with van der Waals surface area (Å²) in [6.45, 7) is 10.1. The van der Waals surface area contributed by atoms with Gasteiger partial charge >= 0.3 is 6.03 Å². The number of carbonyl (C=O) groups is 1. The standard InChI is InChI=1S/C21H35Cl2N3O2S/c1-4-12-24-21(27)25-29(28,18-10-11-19(22)20(23)17-18)16-9-7-8-15-26(13-5-2)14-6-3/h10-11,16-17H,4-9,12-15H2,1-3H3,(H2,24,25,27,28). The van der Waals surface area contributed by atoms with E-state index >= 15 is 0 Å². The largest absolute Gasteiger partial charge is 0.337 e. The lowest BCUT2D eigenvalue weighted by Crippen LogP contribution is -2.40. The van der Waals surface area contributed by atoms with E-state index in [1.54, 1.807) is 23.6 Å². The molecule has 0 aliphatic rings. The molecule has 166 valence electrons. The minimum atomic E-state index is -2.90. The molecule has 1 rings (SSSR count). The van der Waals surface area contributed by atoms with Gasteiger partial charge in [0.1, 0.15) is 0 Å². The monoisotopic (exact) mass is 463 g/mol. The molecule has 0 aliphatic carbocycles. The number of halogens is 2. The molecular formula is C21H35Cl2N3O2S. The van der Waals surface area contributed by atoms with Crippen LogP contribution in [0.25, 0.3) is 0 Å². The molecule has 0 spiro atoms. The summed E-state index contributed by atoms with van der Waals surface area (Å²) in [5.74, 6) is 0. The number of unbranched alkanes of at least 4 members (excludes halogenated alkanes) is 2. The number of rotatable bonds is 13. The van der Waals surface area contributed by atoms with Crippen molar-refractivity contribution in [1.29, 1.82) is 0 Å². The van der Waals surface area contributed by atoms with Crippen LogP contribution in [0, 0.1) is 0 Å². The van der Waals surface area contributed by atoms with Crippen LogP contribution in [0.2, 0.25) is 10.0 Å². The summed E-state index contributed by atoms with van der Waals surface area (Å²) in [6, 6.07) is 4.37. The molecule has 1 aromatic rings. The van der Waals surface area contributed by atoms with Crippen molar-refractivity contribution in [3.8, 4) is 0 Å². The van der Waals surface area contributed by atoms with Crippen LogP contribution in [0.4, 0.5) is 4.79 Å². The second-order valence-corrected chi connectivity index (χ2v) is 10.1. The average Bonchev–Trinajstić information content (AvgIpc) is 2.68. The van der Waals surface area contributed by atoms with E-state index < -0.39 is 15.7 Å². The third-order valence-corrected chi connectivity index (χ3v) is 7.27. The minimum absolute atomic E-state index is 0.316. The van der Waals surface area contributed by atoms with Gasteiger partial charge < -0.3 is 10.2 Å². The van der Waals surface area contributed by atoms with E-state index in [-0.39, 0.29) is 0 Å². The molecule has 2 amide bonds. The molecule has 8 heteroatoms. The van der Waals surface area contributed by atoms with E-state index in [0.717, 1.165) is 51.7 Å². The lowest BCUT2D eigenvalue weighted by molar-refractivity contribution is 0.246. The summed E-state index contributed by atoms with van der Waals surface area (Å²) in [5, 5.41) is 5.13. The molecular weight excluding hydrogens is 429 g/mol. The first-order valence-electron chi connectivity index (χ1n) is 10.5. The quantitative estimate of drug-likeness (QED) is 0.305. The fourth-order valence-corrected chi connectivity index (χ4v) is 5.14. The fraction of sp³-hybridized carbons (Fsp3) is 0.619. The topological polar surface area (TPSA) is 61.4 Å². The first-order valence-corrected chi connectivity index (χ1v) is 12.8. The molecule has 5 nitrogen and oxygen atoms in total. The second-order valence-electron chi connectivity index (χ2n) is 7.04. The van der Waals surface area contributed by atoms with Crippen molar-refractivity contribution >= 4 is 44.3 Å². The number of carbonyl (C=O) groups excluding carboxylic acids is 1. The Balaban J connectivity index is 2.86. The van der Waals surface area contributed by atoms with E-state index in [4.69, 9.17) is 23.2 Å². The summed E-state index contributed by atoms with van der Waals surface area (Å²) in [4.78, 5) is 15.1. The van der Waals surface area contributed by atoms with Crippen LogP contribution in [0.1, 0.15) is 59.3 Å². The normalized spacial score (nSPS) is 13.2. The van der Waals surface area contributed by atoms with Gasteiger partial charge in [0.05, 0.1) is 24.6 Å². The Morgan fingerprint density at radius 1 is 1.03 bits per heavy atom. The lowest BCUT2D eigenvalue weighted by atomic mass is 10.2. The predicted octanol–water partition coefficient (Wildman–Crippen LogP) is 5.36. The van der Waals surface area contributed by atoms with Gasteiger partial charge in [0, 0.05) is 6.54 Å². The molecule has 1 aromatic carbocycles. The highest BCUT2D eigenvalue weighted by atomic mass is 35.5. The zero-order valence-electron chi connectivity index (χ0n) is 17.8. The number of nitrogens with zero attached hydrogens (tertiary/aromatic N) is 1. The van der Waals surface area contributed by atoms with Crippen LogP contribution in [0.5, 0.6) is 0 Å². The number of nitrogens with one attached hydrogen (secondary N) is 2. The Kier molecular flexibility index (Phi) is 12.7. The van der Waals surface area contributed by atoms with Crippen LogP contribution in [-0.2, 0) is 9.71 Å². The number of benzene rings is 1. The van der Waals surface area contributed by atoms with Crippen molar-refractivity contribution in [1.82, 2.24) is 14.9 Å². The SMILES string of the molecule is CCCNC(=O)NS(=O)(=CCCCCN(CCC)CCC)c1ccc(Cl)c(Cl)c1. The van der Waals surface area contributed by atoms with Crippen molar-refractivity contribution < 1.29 is 9.00 Å². The maximum atomic E-state index is 13.6. The lowest BCUT2D eigenvalue weighted by Gasteiger charge is -2.20. The first-order chi connectivity index (χ1) is 13.9. The minimum Gasteiger partial charge on any atom is -0.337 e. The maximum absolute atomic E-state index is 13.6. The van der Waals surface area contributed by atoms with Crippen LogP contribution < -0.4 is 10.0 Å². The molecule has 1 unspecified atom stereocenters. The van der Waals surface area contributed by atoms with Gasteiger partial charge in [0.2, 0.25) is 0 Å². The summed E-state index contributed by atoms with van der Waals surface area (Å²) in [5.41, 5.74) is 0. The fourth-order valence-electron chi connectivity index (χ4n) is 2.97. The van der Waals surface area contributed by atoms with Gasteiger partial charge in [-0.25, -0.2) is 9.00 Å². The Labute approximate surface area is 186 Å². The molecule has 1 atom stereocenters. The van der Waals surface area contributed by atoms with Gasteiger partial charge in [0.25, 0.3) is 0 Å². The molecule has 0 bridgehead atoms. The predicted molar refractivity (Wildman–Crippen MR) is 127 cm³/mol. The third-order valence-electron chi connectivity index (χ3n) is 4.38. The highest BCUT2D eigenvalue weighted by molar-refractivity contribution is 8.00. The van der Waals surface area contributed by atoms with Crippen molar-refractivity contribution in [2.45, 2.75) is 64.2 Å². The van der Waals surface area contributed by atoms with Gasteiger partial charge in [-0.3, -0.25) is 4.72 Å². The smallest absolute Gasteiger partial charge is 0.326 e. The number of urea groups is 1. The van der Waals surface area contributed by atoms with Gasteiger partial charge in [-0.1, -0.05) is 44.0 Å². The molecule has 2 N–H and O–H groups in total. The van der Waals surface area contributed by atoms with E-state index in [1.807, 2.05) is 6.92 Å². The van der Waals surface area contributed by atoms with Crippen LogP contribution >= 0.6 is 23.2 Å². The number of amides is 2. The number of hydrogen-bond acceptors (Lipinski definition) is 3. The molecule has 0 aromatic heterocycles. The van der Waals surface area contributed by atoms with E-state index in [2.05, 4.69) is 28.8 Å². The molecule has 0 saturated heterocycles. The Morgan fingerprint density at radius 2 is 1.72 bits per heavy atom. The van der Waals surface area contributed by atoms with Crippen molar-refractivity contribution in [2.75, 3.05) is 26.2 Å². The van der Waals surface area contributed by atoms with E-state index in [0.29, 0.717) is 27.9 Å². The molecule has 0 aliphatic heterocycles. The van der Waals surface area contributed by atoms with E-state index in [9.17, 15) is 9.00 Å². The van der Waals surface area contributed by atoms with Crippen molar-refractivity contribution in [3.63, 3.8) is 0 Å². The summed E-state index contributed by atoms with van der Waals surface area (Å²) in [6.07, 6.45) is 5.66. The third kappa shape index (κ3) is 9.60. The molecule has 0 radical (unpaired) electrons. The zero-order valence-corrected chi connectivity index (χ0v) is 20.1. The molecule has 0 saturated carbocycles. The summed E-state index contributed by atoms with van der Waals surface area (Å²) < 4.78 is 16.2. The summed E-state index contributed by atoms with van der Waals surface area (Å²) >= 11 is 12.1. The first kappa shape index (κ1) is 26.1. The Morgan fingerprint density at radius 3 is 2.31 bits per heavy atom. The van der Waals surface area contributed by atoms with Crippen LogP contribution in [0.3, 0.4) is 0 Å². The highest BCUT2D eigenvalue weighted by Gasteiger charge is 2.15. The van der Waals surface area contributed by atoms with Gasteiger partial charge in [0.15, 0.2) is 0 Å². The number of hydrogen-bond donors (Lipinski definition) is 2. The van der Waals surface area contributed by atoms with Crippen LogP contribution in [0.15, 0.2) is 23.1 Å². The maximum Gasteiger partial charge on any atom is 0.326 e. The van der Waals surface area contributed by atoms with Gasteiger partial charge in [-0.15, -0.1) is 0 Å². The molecule has 0 fully saturated rings. The van der Waals surface area contributed by atoms with Crippen LogP contribution in [-0.4, -0.2) is 46.7 Å². The second kappa shape index (κ2) is 14.1. The summed E-state index contributed by atoms with van der Waals surface area (Å²) in [7, 11) is -2.90. The molecule has 29 heavy (non-hydrogen) atoms. The van der Waals surface area contributed by atoms with Gasteiger partial charge in [-0.2, -0.15) is 0 Å². The Bertz CT molecular complexity index is 743. The highest BCUT2D eigenvalue weighted by Crippen LogP contribution is 2.25. The molecule has 0 heterocycles. The van der Waals surface area contributed by atoms with Crippen molar-refractivity contribution in [3.05, 3.63) is 28.2 Å². The Hall–Kier alpha value is -0.950. The van der Waals surface area contributed by atoms with Gasteiger partial charge in [-0.05, 0) is 81.7 Å². The average molecular weight is 465 g/mol.